The SMILES string of the molecule is CCCC(=O)c1cc2c(-c3ccccc3)cc(=O)oc2cc1OC. The van der Waals surface area contributed by atoms with Gasteiger partial charge in [0.15, 0.2) is 5.78 Å². The van der Waals surface area contributed by atoms with Crippen molar-refractivity contribution in [3.05, 3.63) is 64.5 Å². The monoisotopic (exact) mass is 322 g/mol. The van der Waals surface area contributed by atoms with Gasteiger partial charge in [0.2, 0.25) is 0 Å². The maximum atomic E-state index is 12.4. The summed E-state index contributed by atoms with van der Waals surface area (Å²) in [7, 11) is 1.50. The molecule has 4 nitrogen and oxygen atoms in total. The second-order valence-corrected chi connectivity index (χ2v) is 5.57. The summed E-state index contributed by atoms with van der Waals surface area (Å²) in [6, 6.07) is 14.4. The summed E-state index contributed by atoms with van der Waals surface area (Å²) in [4.78, 5) is 24.3. The van der Waals surface area contributed by atoms with Crippen LogP contribution < -0.4 is 10.4 Å². The van der Waals surface area contributed by atoms with Gasteiger partial charge in [0.05, 0.1) is 12.7 Å². The van der Waals surface area contributed by atoms with Gasteiger partial charge < -0.3 is 9.15 Å². The molecule has 0 saturated carbocycles. The molecule has 0 saturated heterocycles. The van der Waals surface area contributed by atoms with E-state index in [1.807, 2.05) is 37.3 Å². The molecule has 3 rings (SSSR count). The maximum absolute atomic E-state index is 12.4. The number of benzene rings is 2. The Morgan fingerprint density at radius 3 is 2.54 bits per heavy atom. The molecule has 0 spiro atoms. The van der Waals surface area contributed by atoms with Gasteiger partial charge in [0.25, 0.3) is 0 Å². The van der Waals surface area contributed by atoms with Crippen LogP contribution in [0.25, 0.3) is 22.1 Å². The molecular formula is C20H18O4. The minimum atomic E-state index is -0.434. The van der Waals surface area contributed by atoms with Crippen molar-refractivity contribution >= 4 is 16.8 Å². The van der Waals surface area contributed by atoms with E-state index in [2.05, 4.69) is 0 Å². The lowest BCUT2D eigenvalue weighted by molar-refractivity contribution is 0.0979. The number of hydrogen-bond donors (Lipinski definition) is 0. The normalized spacial score (nSPS) is 10.8. The Hall–Kier alpha value is -2.88. The molecule has 0 aliphatic heterocycles. The van der Waals surface area contributed by atoms with Gasteiger partial charge in [0, 0.05) is 23.9 Å². The van der Waals surface area contributed by atoms with Gasteiger partial charge >= 0.3 is 5.63 Å². The molecule has 0 radical (unpaired) electrons. The molecule has 0 unspecified atom stereocenters. The molecule has 4 heteroatoms. The highest BCUT2D eigenvalue weighted by molar-refractivity contribution is 6.04. The van der Waals surface area contributed by atoms with Gasteiger partial charge in [-0.2, -0.15) is 0 Å². The Morgan fingerprint density at radius 2 is 1.88 bits per heavy atom. The Balaban J connectivity index is 2.31. The van der Waals surface area contributed by atoms with Crippen molar-refractivity contribution < 1.29 is 13.9 Å². The highest BCUT2D eigenvalue weighted by Gasteiger charge is 2.17. The van der Waals surface area contributed by atoms with E-state index in [1.165, 1.54) is 13.2 Å². The number of methoxy groups -OCH3 is 1. The average Bonchev–Trinajstić information content (AvgIpc) is 2.60. The van der Waals surface area contributed by atoms with E-state index in [9.17, 15) is 9.59 Å². The predicted molar refractivity (Wildman–Crippen MR) is 93.7 cm³/mol. The highest BCUT2D eigenvalue weighted by Crippen LogP contribution is 2.32. The first-order valence-electron chi connectivity index (χ1n) is 7.88. The second kappa shape index (κ2) is 6.71. The molecule has 2 aromatic carbocycles. The minimum absolute atomic E-state index is 0.0152. The Bertz CT molecular complexity index is 939. The Morgan fingerprint density at radius 1 is 1.12 bits per heavy atom. The summed E-state index contributed by atoms with van der Waals surface area (Å²) in [5, 5.41) is 0.723. The predicted octanol–water partition coefficient (Wildman–Crippen LogP) is 4.45. The van der Waals surface area contributed by atoms with Crippen molar-refractivity contribution in [1.82, 2.24) is 0 Å². The van der Waals surface area contributed by atoms with Gasteiger partial charge in [-0.15, -0.1) is 0 Å². The summed E-state index contributed by atoms with van der Waals surface area (Å²) < 4.78 is 10.6. The number of carbonyl (C=O) groups excluding carboxylic acids is 1. The summed E-state index contributed by atoms with van der Waals surface area (Å²) in [5.74, 6) is 0.441. The number of ketones is 1. The Labute approximate surface area is 139 Å². The van der Waals surface area contributed by atoms with E-state index < -0.39 is 5.63 Å². The molecule has 0 aliphatic rings. The van der Waals surface area contributed by atoms with Crippen LogP contribution in [0.4, 0.5) is 0 Å². The van der Waals surface area contributed by atoms with Crippen molar-refractivity contribution in [2.24, 2.45) is 0 Å². The van der Waals surface area contributed by atoms with Crippen LogP contribution in [0.15, 0.2) is 57.7 Å². The van der Waals surface area contributed by atoms with Gasteiger partial charge in [-0.05, 0) is 23.6 Å². The van der Waals surface area contributed by atoms with Crippen molar-refractivity contribution in [1.29, 1.82) is 0 Å². The van der Waals surface area contributed by atoms with E-state index in [1.54, 1.807) is 12.1 Å². The largest absolute Gasteiger partial charge is 0.496 e. The molecule has 122 valence electrons. The van der Waals surface area contributed by atoms with E-state index in [0.29, 0.717) is 23.3 Å². The quantitative estimate of drug-likeness (QED) is 0.514. The van der Waals surface area contributed by atoms with E-state index in [0.717, 1.165) is 22.9 Å². The fourth-order valence-electron chi connectivity index (χ4n) is 2.79. The fourth-order valence-corrected chi connectivity index (χ4v) is 2.79. The number of fused-ring (bicyclic) bond motifs is 1. The van der Waals surface area contributed by atoms with Crippen molar-refractivity contribution in [3.8, 4) is 16.9 Å². The van der Waals surface area contributed by atoms with E-state index >= 15 is 0 Å². The topological polar surface area (TPSA) is 56.5 Å². The molecule has 0 amide bonds. The van der Waals surface area contributed by atoms with Crippen molar-refractivity contribution in [2.75, 3.05) is 7.11 Å². The first kappa shape index (κ1) is 16.0. The third-order valence-electron chi connectivity index (χ3n) is 3.93. The van der Waals surface area contributed by atoms with Crippen LogP contribution in [0.5, 0.6) is 5.75 Å². The highest BCUT2D eigenvalue weighted by atomic mass is 16.5. The Kier molecular flexibility index (Phi) is 4.47. The molecule has 0 atom stereocenters. The lowest BCUT2D eigenvalue weighted by Gasteiger charge is -2.11. The lowest BCUT2D eigenvalue weighted by atomic mass is 9.97. The van der Waals surface area contributed by atoms with Crippen molar-refractivity contribution in [2.45, 2.75) is 19.8 Å². The smallest absolute Gasteiger partial charge is 0.336 e. The zero-order valence-corrected chi connectivity index (χ0v) is 13.7. The molecule has 0 fully saturated rings. The van der Waals surface area contributed by atoms with Crippen LogP contribution in [0, 0.1) is 0 Å². The van der Waals surface area contributed by atoms with Crippen LogP contribution in [-0.4, -0.2) is 12.9 Å². The van der Waals surface area contributed by atoms with E-state index in [4.69, 9.17) is 9.15 Å². The first-order valence-corrected chi connectivity index (χ1v) is 7.88. The second-order valence-electron chi connectivity index (χ2n) is 5.57. The number of Topliss-reactive ketones (excluding diaryl/α,β-unsaturated/α-hetero) is 1. The van der Waals surface area contributed by atoms with Crippen molar-refractivity contribution in [3.63, 3.8) is 0 Å². The molecule has 24 heavy (non-hydrogen) atoms. The van der Waals surface area contributed by atoms with Crippen LogP contribution in [-0.2, 0) is 0 Å². The summed E-state index contributed by atoms with van der Waals surface area (Å²) in [6.07, 6.45) is 1.20. The summed E-state index contributed by atoms with van der Waals surface area (Å²) >= 11 is 0. The zero-order chi connectivity index (χ0) is 17.1. The van der Waals surface area contributed by atoms with Crippen LogP contribution in [0.3, 0.4) is 0 Å². The molecule has 1 aromatic heterocycles. The van der Waals surface area contributed by atoms with Crippen LogP contribution in [0.1, 0.15) is 30.1 Å². The fraction of sp³-hybridized carbons (Fsp3) is 0.200. The van der Waals surface area contributed by atoms with Crippen LogP contribution in [0.2, 0.25) is 0 Å². The van der Waals surface area contributed by atoms with Crippen LogP contribution >= 0.6 is 0 Å². The minimum Gasteiger partial charge on any atom is -0.496 e. The first-order chi connectivity index (χ1) is 11.6. The number of hydrogen-bond acceptors (Lipinski definition) is 4. The molecule has 0 N–H and O–H groups in total. The number of carbonyl (C=O) groups is 1. The zero-order valence-electron chi connectivity index (χ0n) is 13.7. The average molecular weight is 322 g/mol. The van der Waals surface area contributed by atoms with Gasteiger partial charge in [-0.1, -0.05) is 37.3 Å². The molecule has 1 heterocycles. The number of rotatable bonds is 5. The maximum Gasteiger partial charge on any atom is 0.336 e. The lowest BCUT2D eigenvalue weighted by Crippen LogP contribution is -2.04. The molecule has 0 aliphatic carbocycles. The van der Waals surface area contributed by atoms with Gasteiger partial charge in [-0.3, -0.25) is 4.79 Å². The molecule has 0 bridgehead atoms. The molecule has 3 aromatic rings. The molecular weight excluding hydrogens is 304 g/mol. The van der Waals surface area contributed by atoms with E-state index in [-0.39, 0.29) is 5.78 Å². The third-order valence-corrected chi connectivity index (χ3v) is 3.93. The summed E-state index contributed by atoms with van der Waals surface area (Å²) in [5.41, 5.74) is 2.13. The summed E-state index contributed by atoms with van der Waals surface area (Å²) in [6.45, 7) is 1.96. The van der Waals surface area contributed by atoms with Gasteiger partial charge in [-0.25, -0.2) is 4.79 Å². The standard InChI is InChI=1S/C20H18O4/c1-3-7-17(21)16-10-15-14(13-8-5-4-6-9-13)11-20(22)24-19(15)12-18(16)23-2/h4-6,8-12H,3,7H2,1-2H3. The van der Waals surface area contributed by atoms with Gasteiger partial charge in [0.1, 0.15) is 11.3 Å². The third kappa shape index (κ3) is 2.95. The number of ether oxygens (including phenoxy) is 1.